The molecule has 136 valence electrons. The molecule has 2 aromatic rings. The minimum absolute atomic E-state index is 0.143. The van der Waals surface area contributed by atoms with Crippen molar-refractivity contribution in [3.05, 3.63) is 40.5 Å². The first kappa shape index (κ1) is 19.4. The van der Waals surface area contributed by atoms with Crippen LogP contribution >= 0.6 is 15.9 Å². The Kier molecular flexibility index (Phi) is 6.99. The second-order valence-corrected chi connectivity index (χ2v) is 7.55. The third-order valence-corrected chi connectivity index (χ3v) is 3.87. The zero-order valence-electron chi connectivity index (χ0n) is 14.8. The van der Waals surface area contributed by atoms with E-state index in [1.54, 1.807) is 0 Å². The summed E-state index contributed by atoms with van der Waals surface area (Å²) in [4.78, 5) is 16.0. The van der Waals surface area contributed by atoms with Crippen LogP contribution < -0.4 is 4.74 Å². The van der Waals surface area contributed by atoms with E-state index in [0.717, 1.165) is 10.2 Å². The van der Waals surface area contributed by atoms with Crippen LogP contribution in [0.2, 0.25) is 0 Å². The topological polar surface area (TPSA) is 74.5 Å². The number of rotatable bonds is 8. The molecule has 0 amide bonds. The van der Waals surface area contributed by atoms with Crippen molar-refractivity contribution in [2.24, 2.45) is 0 Å². The number of hydrogen-bond donors (Lipinski definition) is 0. The van der Waals surface area contributed by atoms with Gasteiger partial charge in [0.2, 0.25) is 5.89 Å². The molecule has 1 heterocycles. The minimum atomic E-state index is -0.255. The molecule has 0 saturated heterocycles. The third kappa shape index (κ3) is 6.86. The van der Waals surface area contributed by atoms with Crippen LogP contribution in [0.4, 0.5) is 0 Å². The molecule has 0 radical (unpaired) electrons. The van der Waals surface area contributed by atoms with Gasteiger partial charge in [-0.25, -0.2) is 0 Å². The first-order valence-corrected chi connectivity index (χ1v) is 9.01. The predicted molar refractivity (Wildman–Crippen MR) is 96.5 cm³/mol. The highest BCUT2D eigenvalue weighted by molar-refractivity contribution is 9.10. The fraction of sp³-hybridized carbons (Fsp3) is 0.500. The zero-order valence-corrected chi connectivity index (χ0v) is 16.3. The van der Waals surface area contributed by atoms with Crippen molar-refractivity contribution in [1.82, 2.24) is 10.1 Å². The van der Waals surface area contributed by atoms with Crippen molar-refractivity contribution in [2.75, 3.05) is 13.2 Å². The van der Waals surface area contributed by atoms with E-state index >= 15 is 0 Å². The highest BCUT2D eigenvalue weighted by atomic mass is 79.9. The van der Waals surface area contributed by atoms with E-state index in [1.165, 1.54) is 0 Å². The Morgan fingerprint density at radius 2 is 1.92 bits per heavy atom. The summed E-state index contributed by atoms with van der Waals surface area (Å²) in [7, 11) is 0. The van der Waals surface area contributed by atoms with E-state index in [9.17, 15) is 4.79 Å². The largest absolute Gasteiger partial charge is 0.490 e. The number of aryl methyl sites for hydroxylation is 1. The second-order valence-electron chi connectivity index (χ2n) is 6.64. The Balaban J connectivity index is 1.59. The van der Waals surface area contributed by atoms with Crippen molar-refractivity contribution < 1.29 is 18.8 Å². The van der Waals surface area contributed by atoms with Gasteiger partial charge in [0, 0.05) is 22.7 Å². The minimum Gasteiger partial charge on any atom is -0.490 e. The highest BCUT2D eigenvalue weighted by Crippen LogP contribution is 2.19. The quantitative estimate of drug-likeness (QED) is 0.482. The lowest BCUT2D eigenvalue weighted by atomic mass is 9.96. The number of aromatic nitrogens is 2. The molecule has 25 heavy (non-hydrogen) atoms. The Bertz CT molecular complexity index is 677. The van der Waals surface area contributed by atoms with Gasteiger partial charge < -0.3 is 14.0 Å². The van der Waals surface area contributed by atoms with E-state index in [1.807, 2.05) is 45.0 Å². The van der Waals surface area contributed by atoms with Gasteiger partial charge in [-0.05, 0) is 30.7 Å². The average molecular weight is 411 g/mol. The Morgan fingerprint density at radius 3 is 2.56 bits per heavy atom. The van der Waals surface area contributed by atoms with Crippen molar-refractivity contribution in [2.45, 2.75) is 45.4 Å². The van der Waals surface area contributed by atoms with Crippen LogP contribution in [0, 0.1) is 0 Å². The van der Waals surface area contributed by atoms with Gasteiger partial charge in [-0.1, -0.05) is 41.9 Å². The van der Waals surface area contributed by atoms with Crippen LogP contribution in [0.3, 0.4) is 0 Å². The molecule has 0 unspecified atom stereocenters. The Hall–Kier alpha value is -1.89. The summed E-state index contributed by atoms with van der Waals surface area (Å²) < 4.78 is 16.8. The number of halogens is 1. The molecule has 0 aliphatic heterocycles. The Labute approximate surface area is 156 Å². The lowest BCUT2D eigenvalue weighted by molar-refractivity contribution is -0.144. The number of nitrogens with zero attached hydrogens (tertiary/aromatic N) is 2. The molecule has 1 aromatic carbocycles. The zero-order chi connectivity index (χ0) is 18.3. The van der Waals surface area contributed by atoms with Gasteiger partial charge in [-0.15, -0.1) is 0 Å². The average Bonchev–Trinajstić information content (AvgIpc) is 3.02. The maximum Gasteiger partial charge on any atom is 0.305 e. The third-order valence-electron chi connectivity index (χ3n) is 3.34. The van der Waals surface area contributed by atoms with E-state index in [2.05, 4.69) is 26.1 Å². The molecule has 2 rings (SSSR count). The summed E-state index contributed by atoms with van der Waals surface area (Å²) in [6.07, 6.45) is 1.48. The van der Waals surface area contributed by atoms with Crippen LogP contribution in [0.5, 0.6) is 5.75 Å². The molecule has 6 nitrogen and oxygen atoms in total. The first-order valence-electron chi connectivity index (χ1n) is 8.21. The lowest BCUT2D eigenvalue weighted by Crippen LogP contribution is -2.13. The fourth-order valence-electron chi connectivity index (χ4n) is 1.96. The van der Waals surface area contributed by atoms with Crippen LogP contribution in [-0.2, 0) is 21.4 Å². The molecule has 0 aliphatic carbocycles. The van der Waals surface area contributed by atoms with Gasteiger partial charge in [-0.3, -0.25) is 4.79 Å². The summed E-state index contributed by atoms with van der Waals surface area (Å²) in [5.41, 5.74) is -0.143. The summed E-state index contributed by atoms with van der Waals surface area (Å²) in [6, 6.07) is 7.48. The number of carbonyl (C=O) groups is 1. The van der Waals surface area contributed by atoms with Crippen LogP contribution in [0.1, 0.15) is 45.3 Å². The van der Waals surface area contributed by atoms with Crippen molar-refractivity contribution in [3.8, 4) is 5.75 Å². The van der Waals surface area contributed by atoms with E-state index < -0.39 is 0 Å². The second kappa shape index (κ2) is 8.99. The molecule has 0 N–H and O–H groups in total. The first-order chi connectivity index (χ1) is 11.8. The predicted octanol–water partition coefficient (Wildman–Crippen LogP) is 4.07. The number of benzene rings is 1. The monoisotopic (exact) mass is 410 g/mol. The summed E-state index contributed by atoms with van der Waals surface area (Å²) in [6.45, 7) is 6.62. The maximum absolute atomic E-state index is 11.7. The van der Waals surface area contributed by atoms with E-state index in [4.69, 9.17) is 14.0 Å². The molecular weight excluding hydrogens is 388 g/mol. The van der Waals surface area contributed by atoms with Gasteiger partial charge in [0.1, 0.15) is 19.0 Å². The maximum atomic E-state index is 11.7. The molecule has 0 bridgehead atoms. The molecule has 0 spiro atoms. The van der Waals surface area contributed by atoms with Crippen molar-refractivity contribution in [1.29, 1.82) is 0 Å². The number of ether oxygens (including phenoxy) is 2. The molecule has 1 aromatic heterocycles. The standard InChI is InChI=1S/C18H23BrN2O4/c1-18(2,3)17-20-15(25-21-17)5-4-6-16(22)24-12-11-23-14-9-7-13(19)8-10-14/h7-10H,4-6,11-12H2,1-3H3. The van der Waals surface area contributed by atoms with Gasteiger partial charge in [0.25, 0.3) is 0 Å². The molecule has 0 atom stereocenters. The van der Waals surface area contributed by atoms with Crippen LogP contribution in [-0.4, -0.2) is 29.3 Å². The molecule has 0 aliphatic rings. The van der Waals surface area contributed by atoms with Gasteiger partial charge >= 0.3 is 5.97 Å². The highest BCUT2D eigenvalue weighted by Gasteiger charge is 2.20. The Morgan fingerprint density at radius 1 is 1.20 bits per heavy atom. The molecule has 0 fully saturated rings. The molecule has 7 heteroatoms. The summed E-state index contributed by atoms with van der Waals surface area (Å²) in [5, 5.41) is 3.96. The van der Waals surface area contributed by atoms with Crippen LogP contribution in [0.25, 0.3) is 0 Å². The number of hydrogen-bond acceptors (Lipinski definition) is 6. The number of carbonyl (C=O) groups excluding carboxylic acids is 1. The van der Waals surface area contributed by atoms with E-state index in [-0.39, 0.29) is 18.0 Å². The normalized spacial score (nSPS) is 11.4. The fourth-order valence-corrected chi connectivity index (χ4v) is 2.23. The van der Waals surface area contributed by atoms with Crippen LogP contribution in [0.15, 0.2) is 33.3 Å². The van der Waals surface area contributed by atoms with Crippen molar-refractivity contribution in [3.63, 3.8) is 0 Å². The van der Waals surface area contributed by atoms with Gasteiger partial charge in [-0.2, -0.15) is 4.98 Å². The SMILES string of the molecule is CC(C)(C)c1noc(CCCC(=O)OCCOc2ccc(Br)cc2)n1. The molecule has 0 saturated carbocycles. The molecular formula is C18H23BrN2O4. The van der Waals surface area contributed by atoms with Gasteiger partial charge in [0.05, 0.1) is 0 Å². The number of esters is 1. The van der Waals surface area contributed by atoms with Crippen molar-refractivity contribution >= 4 is 21.9 Å². The van der Waals surface area contributed by atoms with Gasteiger partial charge in [0.15, 0.2) is 5.82 Å². The summed E-state index contributed by atoms with van der Waals surface area (Å²) >= 11 is 3.36. The summed E-state index contributed by atoms with van der Waals surface area (Å²) in [5.74, 6) is 1.71. The lowest BCUT2D eigenvalue weighted by Gasteiger charge is -2.10. The smallest absolute Gasteiger partial charge is 0.305 e. The van der Waals surface area contributed by atoms with E-state index in [0.29, 0.717) is 37.6 Å².